The molecule has 130 valence electrons. The van der Waals surface area contributed by atoms with E-state index < -0.39 is 26.8 Å². The molecule has 2 N–H and O–H groups in total. The average Bonchev–Trinajstić information content (AvgIpc) is 2.99. The number of sulfonamides is 1. The van der Waals surface area contributed by atoms with Gasteiger partial charge in [0, 0.05) is 5.56 Å². The van der Waals surface area contributed by atoms with E-state index in [-0.39, 0.29) is 6.42 Å². The van der Waals surface area contributed by atoms with Crippen LogP contribution in [0.2, 0.25) is 0 Å². The number of hydrogen-bond acceptors (Lipinski definition) is 4. The summed E-state index contributed by atoms with van der Waals surface area (Å²) in [6.45, 7) is 4.69. The lowest BCUT2D eigenvalue weighted by molar-refractivity contribution is -0.137. The van der Waals surface area contributed by atoms with Gasteiger partial charge in [0.1, 0.15) is 0 Å². The summed E-state index contributed by atoms with van der Waals surface area (Å²) >= 11 is 0. The number of carboxylic acid groups (broad SMARTS) is 1. The first-order chi connectivity index (χ1) is 11.1. The van der Waals surface area contributed by atoms with E-state index in [1.54, 1.807) is 57.6 Å². The van der Waals surface area contributed by atoms with Gasteiger partial charge in [0.15, 0.2) is 0 Å². The summed E-state index contributed by atoms with van der Waals surface area (Å²) in [6.07, 6.45) is 2.77. The van der Waals surface area contributed by atoms with Crippen molar-refractivity contribution in [2.75, 3.05) is 0 Å². The number of rotatable bonds is 6. The van der Waals surface area contributed by atoms with Gasteiger partial charge in [-0.05, 0) is 44.0 Å². The summed E-state index contributed by atoms with van der Waals surface area (Å²) in [5.74, 6) is -1.08. The van der Waals surface area contributed by atoms with E-state index in [0.29, 0.717) is 5.56 Å². The van der Waals surface area contributed by atoms with E-state index in [4.69, 9.17) is 9.52 Å². The fourth-order valence-corrected chi connectivity index (χ4v) is 3.08. The van der Waals surface area contributed by atoms with Crippen LogP contribution in [0.15, 0.2) is 47.3 Å². The van der Waals surface area contributed by atoms with Crippen molar-refractivity contribution in [2.24, 2.45) is 0 Å². The first-order valence-electron chi connectivity index (χ1n) is 7.46. The molecule has 24 heavy (non-hydrogen) atoms. The molecule has 2 rings (SSSR count). The Morgan fingerprint density at radius 2 is 1.96 bits per heavy atom. The summed E-state index contributed by atoms with van der Waals surface area (Å²) < 4.78 is 31.4. The number of carbonyl (C=O) groups is 1. The van der Waals surface area contributed by atoms with Crippen LogP contribution < -0.4 is 4.72 Å². The molecule has 0 unspecified atom stereocenters. The molecule has 0 aliphatic carbocycles. The van der Waals surface area contributed by atoms with E-state index in [9.17, 15) is 13.2 Å². The number of carboxylic acids is 1. The van der Waals surface area contributed by atoms with Crippen molar-refractivity contribution < 1.29 is 22.7 Å². The third-order valence-corrected chi connectivity index (χ3v) is 5.83. The highest BCUT2D eigenvalue weighted by molar-refractivity contribution is 7.90. The van der Waals surface area contributed by atoms with Crippen molar-refractivity contribution in [3.05, 3.63) is 48.4 Å². The van der Waals surface area contributed by atoms with E-state index >= 15 is 0 Å². The summed E-state index contributed by atoms with van der Waals surface area (Å²) in [4.78, 5) is 11.2. The molecule has 1 atom stereocenters. The van der Waals surface area contributed by atoms with Gasteiger partial charge in [-0.3, -0.25) is 4.79 Å². The molecule has 0 spiro atoms. The van der Waals surface area contributed by atoms with Crippen LogP contribution in [0.25, 0.3) is 11.1 Å². The quantitative estimate of drug-likeness (QED) is 0.833. The first-order valence-corrected chi connectivity index (χ1v) is 8.95. The first kappa shape index (κ1) is 18.2. The molecule has 0 fully saturated rings. The van der Waals surface area contributed by atoms with Crippen molar-refractivity contribution in [3.63, 3.8) is 0 Å². The molecule has 1 heterocycles. The molecule has 7 heteroatoms. The zero-order valence-electron chi connectivity index (χ0n) is 13.8. The maximum Gasteiger partial charge on any atom is 0.305 e. The second kappa shape index (κ2) is 6.78. The number of aliphatic carboxylic acids is 1. The largest absolute Gasteiger partial charge is 0.481 e. The highest BCUT2D eigenvalue weighted by atomic mass is 32.2. The minimum absolute atomic E-state index is 0.343. The molecule has 0 radical (unpaired) electrons. The standard InChI is InChI=1S/C17H21NO5S/c1-17(2,3)24(21,22)18-15(10-16(19)20)13-6-4-5-12(9-13)14-7-8-23-11-14/h4-9,11,15,18H,10H2,1-3H3,(H,19,20)/t15-/m1/s1. The molecule has 0 aliphatic heterocycles. The van der Waals surface area contributed by atoms with Crippen molar-refractivity contribution in [1.82, 2.24) is 4.72 Å². The number of furan rings is 1. The SMILES string of the molecule is CC(C)(C)S(=O)(=O)N[C@H](CC(=O)O)c1cccc(-c2ccoc2)c1. The van der Waals surface area contributed by atoms with Crippen LogP contribution in [-0.2, 0) is 14.8 Å². The molecule has 0 aliphatic rings. The van der Waals surface area contributed by atoms with Gasteiger partial charge >= 0.3 is 5.97 Å². The smallest absolute Gasteiger partial charge is 0.305 e. The van der Waals surface area contributed by atoms with Crippen molar-refractivity contribution in [3.8, 4) is 11.1 Å². The Hall–Kier alpha value is -2.12. The summed E-state index contributed by atoms with van der Waals surface area (Å²) in [5.41, 5.74) is 2.25. The van der Waals surface area contributed by atoms with Crippen LogP contribution in [-0.4, -0.2) is 24.2 Å². The van der Waals surface area contributed by atoms with E-state index in [0.717, 1.165) is 11.1 Å². The molecule has 0 amide bonds. The number of nitrogens with one attached hydrogen (secondary N) is 1. The van der Waals surface area contributed by atoms with Gasteiger partial charge in [-0.25, -0.2) is 13.1 Å². The van der Waals surface area contributed by atoms with Gasteiger partial charge in [0.25, 0.3) is 0 Å². The molecule has 6 nitrogen and oxygen atoms in total. The monoisotopic (exact) mass is 351 g/mol. The summed E-state index contributed by atoms with van der Waals surface area (Å²) in [5, 5.41) is 9.15. The molecule has 0 saturated heterocycles. The van der Waals surface area contributed by atoms with Crippen LogP contribution in [0.3, 0.4) is 0 Å². The third kappa shape index (κ3) is 4.24. The van der Waals surface area contributed by atoms with Gasteiger partial charge in [0.2, 0.25) is 10.0 Å². The average molecular weight is 351 g/mol. The molecule has 0 bridgehead atoms. The van der Waals surface area contributed by atoms with Gasteiger partial charge < -0.3 is 9.52 Å². The molecule has 2 aromatic rings. The minimum atomic E-state index is -3.69. The second-order valence-corrected chi connectivity index (χ2v) is 8.99. The predicted molar refractivity (Wildman–Crippen MR) is 90.9 cm³/mol. The van der Waals surface area contributed by atoms with Crippen molar-refractivity contribution in [1.29, 1.82) is 0 Å². The topological polar surface area (TPSA) is 96.6 Å². The van der Waals surface area contributed by atoms with Crippen molar-refractivity contribution in [2.45, 2.75) is 38.0 Å². The highest BCUT2D eigenvalue weighted by Crippen LogP contribution is 2.27. The Bertz CT molecular complexity index is 804. The van der Waals surface area contributed by atoms with Crippen LogP contribution in [0.5, 0.6) is 0 Å². The lowest BCUT2D eigenvalue weighted by Crippen LogP contribution is -2.41. The molecule has 0 saturated carbocycles. The zero-order chi connectivity index (χ0) is 18.0. The van der Waals surface area contributed by atoms with Crippen LogP contribution in [0.4, 0.5) is 0 Å². The number of hydrogen-bond donors (Lipinski definition) is 2. The highest BCUT2D eigenvalue weighted by Gasteiger charge is 2.32. The Morgan fingerprint density at radius 3 is 2.50 bits per heavy atom. The van der Waals surface area contributed by atoms with Crippen molar-refractivity contribution >= 4 is 16.0 Å². The fraction of sp³-hybridized carbons (Fsp3) is 0.353. The second-order valence-electron chi connectivity index (χ2n) is 6.52. The van der Waals surface area contributed by atoms with Gasteiger partial charge in [-0.15, -0.1) is 0 Å². The van der Waals surface area contributed by atoms with Crippen LogP contribution in [0, 0.1) is 0 Å². The summed E-state index contributed by atoms with van der Waals surface area (Å²) in [7, 11) is -3.69. The lowest BCUT2D eigenvalue weighted by atomic mass is 10.00. The number of benzene rings is 1. The Kier molecular flexibility index (Phi) is 5.15. The molecular formula is C17H21NO5S. The van der Waals surface area contributed by atoms with Crippen LogP contribution >= 0.6 is 0 Å². The van der Waals surface area contributed by atoms with Gasteiger partial charge in [-0.1, -0.05) is 18.2 Å². The van der Waals surface area contributed by atoms with Crippen LogP contribution in [0.1, 0.15) is 38.8 Å². The summed E-state index contributed by atoms with van der Waals surface area (Å²) in [6, 6.07) is 8.03. The predicted octanol–water partition coefficient (Wildman–Crippen LogP) is 3.18. The van der Waals surface area contributed by atoms with Gasteiger partial charge in [0.05, 0.1) is 29.7 Å². The fourth-order valence-electron chi connectivity index (χ4n) is 2.13. The molecular weight excluding hydrogens is 330 g/mol. The van der Waals surface area contributed by atoms with Gasteiger partial charge in [-0.2, -0.15) is 0 Å². The maximum absolute atomic E-state index is 12.4. The minimum Gasteiger partial charge on any atom is -0.481 e. The lowest BCUT2D eigenvalue weighted by Gasteiger charge is -2.25. The molecule has 1 aromatic carbocycles. The zero-order valence-corrected chi connectivity index (χ0v) is 14.6. The Morgan fingerprint density at radius 1 is 1.25 bits per heavy atom. The Balaban J connectivity index is 2.38. The van der Waals surface area contributed by atoms with E-state index in [1.165, 1.54) is 0 Å². The third-order valence-electron chi connectivity index (χ3n) is 3.63. The molecule has 1 aromatic heterocycles. The Labute approximate surface area is 141 Å². The van der Waals surface area contributed by atoms with E-state index in [1.807, 2.05) is 6.07 Å². The normalized spacial score (nSPS) is 13.6. The maximum atomic E-state index is 12.4. The van der Waals surface area contributed by atoms with E-state index in [2.05, 4.69) is 4.72 Å².